The summed E-state index contributed by atoms with van der Waals surface area (Å²) in [6, 6.07) is 9.64. The van der Waals surface area contributed by atoms with E-state index in [9.17, 15) is 9.59 Å². The van der Waals surface area contributed by atoms with E-state index in [0.29, 0.717) is 10.7 Å². The highest BCUT2D eigenvalue weighted by atomic mass is 35.5. The van der Waals surface area contributed by atoms with Gasteiger partial charge in [0, 0.05) is 26.5 Å². The van der Waals surface area contributed by atoms with Crippen molar-refractivity contribution in [1.82, 2.24) is 14.9 Å². The molecule has 0 unspecified atom stereocenters. The molecule has 0 aliphatic carbocycles. The largest absolute Gasteiger partial charge is 0.349 e. The van der Waals surface area contributed by atoms with Crippen molar-refractivity contribution >= 4 is 52.0 Å². The van der Waals surface area contributed by atoms with Crippen molar-refractivity contribution in [2.45, 2.75) is 32.4 Å². The Morgan fingerprint density at radius 3 is 2.43 bits per heavy atom. The topological polar surface area (TPSA) is 75.2 Å². The Labute approximate surface area is 176 Å². The molecule has 2 heterocycles. The van der Waals surface area contributed by atoms with Gasteiger partial charge in [0.2, 0.25) is 5.91 Å². The molecule has 1 N–H and O–H groups in total. The molecule has 1 atom stereocenters. The number of amides is 2. The number of thiophene rings is 1. The molecule has 0 aliphatic rings. The van der Waals surface area contributed by atoms with Crippen LogP contribution >= 0.6 is 34.5 Å². The summed E-state index contributed by atoms with van der Waals surface area (Å²) in [7, 11) is 0. The van der Waals surface area contributed by atoms with Crippen LogP contribution in [0, 0.1) is 0 Å². The molecule has 0 saturated heterocycles. The average molecular weight is 435 g/mol. The number of benzene rings is 1. The summed E-state index contributed by atoms with van der Waals surface area (Å²) in [6.07, 6.45) is 0. The van der Waals surface area contributed by atoms with Crippen molar-refractivity contribution in [3.63, 3.8) is 0 Å². The summed E-state index contributed by atoms with van der Waals surface area (Å²) in [5, 5.41) is 10.9. The van der Waals surface area contributed by atoms with Crippen molar-refractivity contribution in [1.29, 1.82) is 0 Å². The Balaban J connectivity index is 2.12. The Hall–Kier alpha value is -2.29. The summed E-state index contributed by atoms with van der Waals surface area (Å²) < 4.78 is 3.78. The van der Waals surface area contributed by atoms with E-state index in [0.717, 1.165) is 16.4 Å². The van der Waals surface area contributed by atoms with E-state index in [1.54, 1.807) is 29.6 Å². The predicted molar refractivity (Wildman–Crippen MR) is 113 cm³/mol. The van der Waals surface area contributed by atoms with Gasteiger partial charge in [0.15, 0.2) is 11.7 Å². The van der Waals surface area contributed by atoms with Crippen molar-refractivity contribution in [3.05, 3.63) is 62.8 Å². The smallest absolute Gasteiger partial charge is 0.280 e. The molecule has 3 rings (SSSR count). The zero-order chi connectivity index (χ0) is 20.3. The minimum absolute atomic E-state index is 0.185. The molecule has 1 aromatic carbocycles. The molecule has 3 aromatic rings. The van der Waals surface area contributed by atoms with Gasteiger partial charge >= 0.3 is 0 Å². The van der Waals surface area contributed by atoms with Gasteiger partial charge in [-0.3, -0.25) is 14.5 Å². The maximum absolute atomic E-state index is 13.3. The lowest BCUT2D eigenvalue weighted by Crippen LogP contribution is -2.49. The number of halogens is 1. The summed E-state index contributed by atoms with van der Waals surface area (Å²) in [6.45, 7) is 5.69. The molecule has 28 heavy (non-hydrogen) atoms. The van der Waals surface area contributed by atoms with Crippen LogP contribution in [0.5, 0.6) is 0 Å². The summed E-state index contributed by atoms with van der Waals surface area (Å²) in [5.74, 6) is -0.681. The maximum Gasteiger partial charge on any atom is 0.280 e. The van der Waals surface area contributed by atoms with Gasteiger partial charge in [0.1, 0.15) is 0 Å². The first-order chi connectivity index (χ1) is 13.3. The van der Waals surface area contributed by atoms with Crippen LogP contribution in [0.4, 0.5) is 5.69 Å². The quantitative estimate of drug-likeness (QED) is 0.638. The second kappa shape index (κ2) is 8.38. The first-order valence-electron chi connectivity index (χ1n) is 8.48. The molecule has 0 fully saturated rings. The van der Waals surface area contributed by atoms with Crippen LogP contribution in [-0.4, -0.2) is 26.9 Å². The van der Waals surface area contributed by atoms with Crippen LogP contribution in [0.25, 0.3) is 0 Å². The minimum atomic E-state index is -0.852. The van der Waals surface area contributed by atoms with E-state index in [-0.39, 0.29) is 11.6 Å². The van der Waals surface area contributed by atoms with Crippen LogP contribution in [-0.2, 0) is 4.79 Å². The zero-order valence-electron chi connectivity index (χ0n) is 15.5. The van der Waals surface area contributed by atoms with Crippen molar-refractivity contribution in [2.24, 2.45) is 0 Å². The highest BCUT2D eigenvalue weighted by Gasteiger charge is 2.36. The average Bonchev–Trinajstić information content (AvgIpc) is 3.32. The van der Waals surface area contributed by atoms with Gasteiger partial charge < -0.3 is 5.32 Å². The third-order valence-corrected chi connectivity index (χ3v) is 5.40. The standard InChI is InChI=1S/C19H19ClN4O2S2/c1-19(2,3)21-17(25)16(15-5-4-10-27-15)24(13-8-6-12(20)7-9-13)18(26)14-11-28-23-22-14/h4-11,16H,1-3H3,(H,21,25)/t16-/m0/s1. The lowest BCUT2D eigenvalue weighted by atomic mass is 10.1. The molecule has 0 saturated carbocycles. The van der Waals surface area contributed by atoms with Gasteiger partial charge in [-0.25, -0.2) is 0 Å². The van der Waals surface area contributed by atoms with E-state index in [2.05, 4.69) is 14.9 Å². The normalized spacial score (nSPS) is 12.4. The van der Waals surface area contributed by atoms with Gasteiger partial charge in [-0.2, -0.15) is 0 Å². The first kappa shape index (κ1) is 20.4. The van der Waals surface area contributed by atoms with Crippen LogP contribution < -0.4 is 10.2 Å². The second-order valence-corrected chi connectivity index (χ2v) is 9.12. The van der Waals surface area contributed by atoms with E-state index in [4.69, 9.17) is 11.6 Å². The number of rotatable bonds is 5. The Morgan fingerprint density at radius 2 is 1.89 bits per heavy atom. The fourth-order valence-corrected chi connectivity index (χ4v) is 3.99. The second-order valence-electron chi connectivity index (χ2n) is 7.10. The first-order valence-corrected chi connectivity index (χ1v) is 10.6. The molecule has 6 nitrogen and oxygen atoms in total. The van der Waals surface area contributed by atoms with Crippen molar-refractivity contribution < 1.29 is 9.59 Å². The fourth-order valence-electron chi connectivity index (χ4n) is 2.62. The lowest BCUT2D eigenvalue weighted by molar-refractivity contribution is -0.123. The molecule has 0 spiro atoms. The lowest BCUT2D eigenvalue weighted by Gasteiger charge is -2.32. The van der Waals surface area contributed by atoms with E-state index in [1.807, 2.05) is 38.3 Å². The third-order valence-electron chi connectivity index (χ3n) is 3.72. The zero-order valence-corrected chi connectivity index (χ0v) is 17.9. The van der Waals surface area contributed by atoms with E-state index < -0.39 is 17.5 Å². The molecule has 2 aromatic heterocycles. The van der Waals surface area contributed by atoms with Gasteiger partial charge in [-0.05, 0) is 68.0 Å². The summed E-state index contributed by atoms with van der Waals surface area (Å²) >= 11 is 8.52. The number of nitrogens with zero attached hydrogens (tertiary/aromatic N) is 3. The number of carbonyl (C=O) groups excluding carboxylic acids is 2. The predicted octanol–water partition coefficient (Wildman–Crippen LogP) is 4.56. The molecule has 146 valence electrons. The van der Waals surface area contributed by atoms with Gasteiger partial charge in [-0.15, -0.1) is 16.4 Å². The fraction of sp³-hybridized carbons (Fsp3) is 0.263. The molecular weight excluding hydrogens is 416 g/mol. The van der Waals surface area contributed by atoms with Crippen LogP contribution in [0.2, 0.25) is 5.02 Å². The molecular formula is C19H19ClN4O2S2. The van der Waals surface area contributed by atoms with Gasteiger partial charge in [0.05, 0.1) is 0 Å². The van der Waals surface area contributed by atoms with E-state index >= 15 is 0 Å². The number of hydrogen-bond donors (Lipinski definition) is 1. The van der Waals surface area contributed by atoms with Crippen molar-refractivity contribution in [3.8, 4) is 0 Å². The van der Waals surface area contributed by atoms with Gasteiger partial charge in [0.25, 0.3) is 5.91 Å². The minimum Gasteiger partial charge on any atom is -0.349 e. The number of hydrogen-bond acceptors (Lipinski definition) is 6. The van der Waals surface area contributed by atoms with Gasteiger partial charge in [-0.1, -0.05) is 22.2 Å². The highest BCUT2D eigenvalue weighted by Crippen LogP contribution is 2.33. The SMILES string of the molecule is CC(C)(C)NC(=O)[C@H](c1cccs1)N(C(=O)c1csnn1)c1ccc(Cl)cc1. The monoisotopic (exact) mass is 434 g/mol. The summed E-state index contributed by atoms with van der Waals surface area (Å²) in [5.41, 5.74) is 0.277. The Morgan fingerprint density at radius 1 is 1.18 bits per heavy atom. The molecule has 0 aliphatic heterocycles. The maximum atomic E-state index is 13.3. The van der Waals surface area contributed by atoms with E-state index in [1.165, 1.54) is 16.2 Å². The Bertz CT molecular complexity index is 935. The molecule has 0 bridgehead atoms. The molecule has 9 heteroatoms. The molecule has 0 radical (unpaired) electrons. The third kappa shape index (κ3) is 4.76. The number of aromatic nitrogens is 2. The number of anilines is 1. The van der Waals surface area contributed by atoms with Crippen LogP contribution in [0.15, 0.2) is 47.2 Å². The summed E-state index contributed by atoms with van der Waals surface area (Å²) in [4.78, 5) is 28.8. The van der Waals surface area contributed by atoms with Crippen LogP contribution in [0.3, 0.4) is 0 Å². The van der Waals surface area contributed by atoms with Crippen molar-refractivity contribution in [2.75, 3.05) is 4.90 Å². The highest BCUT2D eigenvalue weighted by molar-refractivity contribution is 7.10. The van der Waals surface area contributed by atoms with Crippen LogP contribution in [0.1, 0.15) is 42.2 Å². The number of nitrogens with one attached hydrogen (secondary N) is 1. The molecule has 2 amide bonds. The number of carbonyl (C=O) groups is 2. The Kier molecular flexibility index (Phi) is 6.12.